The Morgan fingerprint density at radius 1 is 1.33 bits per heavy atom. The van der Waals surface area contributed by atoms with E-state index in [0.29, 0.717) is 10.9 Å². The van der Waals surface area contributed by atoms with Gasteiger partial charge in [0.2, 0.25) is 0 Å². The minimum atomic E-state index is 0.553. The van der Waals surface area contributed by atoms with Crippen molar-refractivity contribution in [3.8, 4) is 5.75 Å². The third-order valence-electron chi connectivity index (χ3n) is 2.82. The highest BCUT2D eigenvalue weighted by molar-refractivity contribution is 9.10. The lowest BCUT2D eigenvalue weighted by atomic mass is 10.1. The highest BCUT2D eigenvalue weighted by Gasteiger charge is 2.02. The molecule has 0 unspecified atom stereocenters. The van der Waals surface area contributed by atoms with Crippen LogP contribution < -0.4 is 15.4 Å². The maximum Gasteiger partial charge on any atom is 0.171 e. The number of thiocarbonyl (C=S) groups is 1. The number of nitrogens with zero attached hydrogens (tertiary/aromatic N) is 1. The minimum Gasteiger partial charge on any atom is -0.497 e. The van der Waals surface area contributed by atoms with Crippen LogP contribution in [0.3, 0.4) is 0 Å². The molecule has 2 aromatic rings. The van der Waals surface area contributed by atoms with Gasteiger partial charge in [0.15, 0.2) is 5.11 Å². The number of halogens is 1. The monoisotopic (exact) mass is 365 g/mol. The summed E-state index contributed by atoms with van der Waals surface area (Å²) in [4.78, 5) is 4.21. The summed E-state index contributed by atoms with van der Waals surface area (Å²) in [7, 11) is 1.67. The fourth-order valence-electron chi connectivity index (χ4n) is 1.78. The summed E-state index contributed by atoms with van der Waals surface area (Å²) in [5.74, 6) is 1.57. The molecule has 0 atom stereocenters. The molecule has 0 spiro atoms. The van der Waals surface area contributed by atoms with Crippen molar-refractivity contribution >= 4 is 39.1 Å². The lowest BCUT2D eigenvalue weighted by Gasteiger charge is -2.11. The minimum absolute atomic E-state index is 0.553. The number of benzene rings is 1. The van der Waals surface area contributed by atoms with Crippen molar-refractivity contribution < 1.29 is 4.74 Å². The zero-order chi connectivity index (χ0) is 15.1. The Morgan fingerprint density at radius 3 is 2.95 bits per heavy atom. The number of hydrogen-bond acceptors (Lipinski definition) is 3. The molecule has 0 amide bonds. The van der Waals surface area contributed by atoms with Gasteiger partial charge in [-0.3, -0.25) is 0 Å². The lowest BCUT2D eigenvalue weighted by molar-refractivity contribution is 0.414. The van der Waals surface area contributed by atoms with Gasteiger partial charge < -0.3 is 15.4 Å². The Hall–Kier alpha value is -1.66. The molecule has 0 fully saturated rings. The molecule has 1 aromatic heterocycles. The van der Waals surface area contributed by atoms with Crippen molar-refractivity contribution in [2.45, 2.75) is 6.42 Å². The van der Waals surface area contributed by atoms with Gasteiger partial charge >= 0.3 is 0 Å². The number of anilines is 1. The van der Waals surface area contributed by atoms with Crippen molar-refractivity contribution in [3.63, 3.8) is 0 Å². The number of methoxy groups -OCH3 is 1. The zero-order valence-electron chi connectivity index (χ0n) is 11.6. The molecule has 1 aromatic carbocycles. The first kappa shape index (κ1) is 15.7. The van der Waals surface area contributed by atoms with Crippen LogP contribution in [0.5, 0.6) is 5.75 Å². The molecule has 0 radical (unpaired) electrons. The summed E-state index contributed by atoms with van der Waals surface area (Å²) in [5, 5.41) is 6.77. The van der Waals surface area contributed by atoms with Crippen LogP contribution in [-0.2, 0) is 6.42 Å². The van der Waals surface area contributed by atoms with Gasteiger partial charge in [0.25, 0.3) is 0 Å². The SMILES string of the molecule is COc1cccc(CCNC(=S)Nc2ncccc2Br)c1. The van der Waals surface area contributed by atoms with Crippen LogP contribution in [0, 0.1) is 0 Å². The molecule has 0 bridgehead atoms. The van der Waals surface area contributed by atoms with Crippen molar-refractivity contribution in [3.05, 3.63) is 52.6 Å². The van der Waals surface area contributed by atoms with Crippen LogP contribution in [0.1, 0.15) is 5.56 Å². The second-order valence-corrected chi connectivity index (χ2v) is 5.58. The summed E-state index contributed by atoms with van der Waals surface area (Å²) in [6, 6.07) is 11.8. The second kappa shape index (κ2) is 7.95. The van der Waals surface area contributed by atoms with Gasteiger partial charge in [-0.1, -0.05) is 12.1 Å². The average Bonchev–Trinajstić information content (AvgIpc) is 2.50. The first-order valence-electron chi connectivity index (χ1n) is 6.47. The van der Waals surface area contributed by atoms with E-state index in [2.05, 4.69) is 37.6 Å². The van der Waals surface area contributed by atoms with Crippen molar-refractivity contribution in [2.75, 3.05) is 19.0 Å². The fourth-order valence-corrected chi connectivity index (χ4v) is 2.33. The van der Waals surface area contributed by atoms with Gasteiger partial charge in [0.1, 0.15) is 11.6 Å². The summed E-state index contributed by atoms with van der Waals surface area (Å²) in [5.41, 5.74) is 1.20. The molecule has 6 heteroatoms. The number of rotatable bonds is 5. The van der Waals surface area contributed by atoms with E-state index < -0.39 is 0 Å². The molecule has 110 valence electrons. The predicted octanol–water partition coefficient (Wildman–Crippen LogP) is 3.38. The fraction of sp³-hybridized carbons (Fsp3) is 0.200. The summed E-state index contributed by atoms with van der Waals surface area (Å²) in [6.45, 7) is 0.740. The van der Waals surface area contributed by atoms with Gasteiger partial charge in [0.05, 0.1) is 11.6 Å². The summed E-state index contributed by atoms with van der Waals surface area (Å²) >= 11 is 8.67. The summed E-state index contributed by atoms with van der Waals surface area (Å²) in [6.07, 6.45) is 2.58. The third-order valence-corrected chi connectivity index (χ3v) is 3.71. The smallest absolute Gasteiger partial charge is 0.171 e. The van der Waals surface area contributed by atoms with E-state index >= 15 is 0 Å². The van der Waals surface area contributed by atoms with E-state index in [0.717, 1.165) is 23.2 Å². The van der Waals surface area contributed by atoms with Crippen LogP contribution in [0.2, 0.25) is 0 Å². The van der Waals surface area contributed by atoms with Crippen LogP contribution in [0.15, 0.2) is 47.1 Å². The molecule has 0 saturated heterocycles. The molecule has 2 rings (SSSR count). The van der Waals surface area contributed by atoms with Crippen molar-refractivity contribution in [1.29, 1.82) is 0 Å². The Balaban J connectivity index is 1.80. The molecule has 1 heterocycles. The molecule has 4 nitrogen and oxygen atoms in total. The highest BCUT2D eigenvalue weighted by atomic mass is 79.9. The van der Waals surface area contributed by atoms with Crippen LogP contribution >= 0.6 is 28.1 Å². The highest BCUT2D eigenvalue weighted by Crippen LogP contribution is 2.18. The van der Waals surface area contributed by atoms with Crippen LogP contribution in [0.25, 0.3) is 0 Å². The number of pyridine rings is 1. The Kier molecular flexibility index (Phi) is 5.95. The molecular formula is C15H16BrN3OS. The van der Waals surface area contributed by atoms with Crippen molar-refractivity contribution in [1.82, 2.24) is 10.3 Å². The van der Waals surface area contributed by atoms with E-state index in [1.165, 1.54) is 5.56 Å². The van der Waals surface area contributed by atoms with Gasteiger partial charge in [-0.15, -0.1) is 0 Å². The number of aromatic nitrogens is 1. The quantitative estimate of drug-likeness (QED) is 0.795. The molecule has 21 heavy (non-hydrogen) atoms. The first-order valence-corrected chi connectivity index (χ1v) is 7.67. The molecule has 0 aliphatic heterocycles. The Morgan fingerprint density at radius 2 is 2.19 bits per heavy atom. The average molecular weight is 366 g/mol. The topological polar surface area (TPSA) is 46.2 Å². The normalized spacial score (nSPS) is 10.0. The van der Waals surface area contributed by atoms with Crippen molar-refractivity contribution in [2.24, 2.45) is 0 Å². The van der Waals surface area contributed by atoms with E-state index in [1.807, 2.05) is 30.3 Å². The Bertz CT molecular complexity index is 621. The lowest BCUT2D eigenvalue weighted by Crippen LogP contribution is -2.30. The molecule has 0 saturated carbocycles. The second-order valence-electron chi connectivity index (χ2n) is 4.32. The standard InChI is InChI=1S/C15H16BrN3OS/c1-20-12-5-2-4-11(10-12)7-9-18-15(21)19-14-13(16)6-3-8-17-14/h2-6,8,10H,7,9H2,1H3,(H2,17,18,19,21). The van der Waals surface area contributed by atoms with E-state index in [4.69, 9.17) is 17.0 Å². The van der Waals surface area contributed by atoms with E-state index in [1.54, 1.807) is 13.3 Å². The number of nitrogens with one attached hydrogen (secondary N) is 2. The van der Waals surface area contributed by atoms with Crippen LogP contribution in [-0.4, -0.2) is 23.8 Å². The zero-order valence-corrected chi connectivity index (χ0v) is 14.0. The largest absolute Gasteiger partial charge is 0.497 e. The van der Waals surface area contributed by atoms with Gasteiger partial charge in [-0.2, -0.15) is 0 Å². The van der Waals surface area contributed by atoms with Gasteiger partial charge in [0, 0.05) is 12.7 Å². The maximum atomic E-state index is 5.25. The van der Waals surface area contributed by atoms with E-state index in [9.17, 15) is 0 Å². The molecule has 0 aliphatic carbocycles. The van der Waals surface area contributed by atoms with Gasteiger partial charge in [-0.05, 0) is 64.4 Å². The van der Waals surface area contributed by atoms with Crippen LogP contribution in [0.4, 0.5) is 5.82 Å². The predicted molar refractivity (Wildman–Crippen MR) is 92.9 cm³/mol. The van der Waals surface area contributed by atoms with E-state index in [-0.39, 0.29) is 0 Å². The number of ether oxygens (including phenoxy) is 1. The maximum absolute atomic E-state index is 5.25. The molecule has 2 N–H and O–H groups in total. The third kappa shape index (κ3) is 4.99. The summed E-state index contributed by atoms with van der Waals surface area (Å²) < 4.78 is 6.08. The number of hydrogen-bond donors (Lipinski definition) is 2. The Labute approximate surface area is 138 Å². The molecular weight excluding hydrogens is 350 g/mol. The van der Waals surface area contributed by atoms with Gasteiger partial charge in [-0.25, -0.2) is 4.98 Å². The first-order chi connectivity index (χ1) is 10.2. The molecule has 0 aliphatic rings.